The Bertz CT molecular complexity index is 839. The number of H-pyrrole nitrogens is 1. The van der Waals surface area contributed by atoms with E-state index in [-0.39, 0.29) is 11.9 Å². The predicted molar refractivity (Wildman–Crippen MR) is 107 cm³/mol. The summed E-state index contributed by atoms with van der Waals surface area (Å²) in [5.41, 5.74) is 3.61. The van der Waals surface area contributed by atoms with E-state index in [0.717, 1.165) is 18.4 Å². The Kier molecular flexibility index (Phi) is 6.08. The molecule has 4 nitrogen and oxygen atoms in total. The van der Waals surface area contributed by atoms with Crippen LogP contribution in [0.2, 0.25) is 0 Å². The molecule has 0 spiro atoms. The molecule has 0 saturated heterocycles. The second-order valence-corrected chi connectivity index (χ2v) is 6.97. The molecule has 136 valence electrons. The summed E-state index contributed by atoms with van der Waals surface area (Å²) < 4.78 is 0. The monoisotopic (exact) mass is 349 g/mol. The quantitative estimate of drug-likeness (QED) is 0.655. The molecule has 2 N–H and O–H groups in total. The summed E-state index contributed by atoms with van der Waals surface area (Å²) in [5.74, 6) is 0.107. The lowest BCUT2D eigenvalue weighted by Crippen LogP contribution is -2.41. The molecule has 1 amide bonds. The molecule has 0 radical (unpaired) electrons. The van der Waals surface area contributed by atoms with E-state index in [9.17, 15) is 4.79 Å². The third kappa shape index (κ3) is 4.73. The van der Waals surface area contributed by atoms with Crippen LogP contribution in [0.1, 0.15) is 17.5 Å². The number of benzene rings is 2. The highest BCUT2D eigenvalue weighted by atomic mass is 16.1. The first-order valence-electron chi connectivity index (χ1n) is 9.15. The maximum Gasteiger partial charge on any atom is 0.220 e. The van der Waals surface area contributed by atoms with Crippen molar-refractivity contribution in [3.63, 3.8) is 0 Å². The number of para-hydroxylation sites is 1. The number of rotatable bonds is 8. The maximum absolute atomic E-state index is 12.3. The minimum Gasteiger partial charge on any atom is -0.361 e. The van der Waals surface area contributed by atoms with Crippen molar-refractivity contribution in [3.8, 4) is 0 Å². The van der Waals surface area contributed by atoms with Crippen LogP contribution in [0.3, 0.4) is 0 Å². The molecule has 26 heavy (non-hydrogen) atoms. The number of carbonyl (C=O) groups excluding carboxylic acids is 1. The lowest BCUT2D eigenvalue weighted by atomic mass is 10.0. The molecular formula is C22H27N3O. The van der Waals surface area contributed by atoms with Crippen LogP contribution in [0.15, 0.2) is 60.8 Å². The molecular weight excluding hydrogens is 322 g/mol. The third-order valence-corrected chi connectivity index (χ3v) is 4.88. The molecule has 1 aromatic heterocycles. The fourth-order valence-electron chi connectivity index (χ4n) is 3.23. The number of nitrogens with zero attached hydrogens (tertiary/aromatic N) is 1. The number of carbonyl (C=O) groups is 1. The molecule has 2 aromatic carbocycles. The molecule has 0 bridgehead atoms. The molecule has 4 heteroatoms. The molecule has 3 aromatic rings. The number of fused-ring (bicyclic) bond motifs is 1. The second-order valence-electron chi connectivity index (χ2n) is 6.97. The van der Waals surface area contributed by atoms with Crippen LogP contribution in [0.4, 0.5) is 0 Å². The average Bonchev–Trinajstić information content (AvgIpc) is 3.07. The van der Waals surface area contributed by atoms with Crippen LogP contribution in [-0.4, -0.2) is 42.5 Å². The second kappa shape index (κ2) is 8.68. The van der Waals surface area contributed by atoms with Gasteiger partial charge in [-0.15, -0.1) is 0 Å². The van der Waals surface area contributed by atoms with Crippen molar-refractivity contribution in [2.75, 3.05) is 20.6 Å². The summed E-state index contributed by atoms with van der Waals surface area (Å²) in [7, 11) is 4.12. The lowest BCUT2D eigenvalue weighted by molar-refractivity contribution is -0.121. The highest BCUT2D eigenvalue weighted by molar-refractivity contribution is 5.84. The van der Waals surface area contributed by atoms with Crippen LogP contribution in [0.5, 0.6) is 0 Å². The van der Waals surface area contributed by atoms with Gasteiger partial charge in [-0.25, -0.2) is 0 Å². The van der Waals surface area contributed by atoms with Crippen molar-refractivity contribution in [3.05, 3.63) is 71.9 Å². The Hall–Kier alpha value is -2.59. The number of amides is 1. The molecule has 0 saturated carbocycles. The Morgan fingerprint density at radius 3 is 2.58 bits per heavy atom. The summed E-state index contributed by atoms with van der Waals surface area (Å²) in [6, 6.07) is 18.9. The number of hydrogen-bond acceptors (Lipinski definition) is 2. The smallest absolute Gasteiger partial charge is 0.220 e. The first-order chi connectivity index (χ1) is 12.6. The van der Waals surface area contributed by atoms with Gasteiger partial charge < -0.3 is 15.2 Å². The van der Waals surface area contributed by atoms with E-state index in [2.05, 4.69) is 65.7 Å². The highest BCUT2D eigenvalue weighted by Crippen LogP contribution is 2.18. The Morgan fingerprint density at radius 1 is 1.08 bits per heavy atom. The third-order valence-electron chi connectivity index (χ3n) is 4.88. The predicted octanol–water partition coefficient (Wildman–Crippen LogP) is 3.39. The van der Waals surface area contributed by atoms with Gasteiger partial charge in [0.1, 0.15) is 0 Å². The SMILES string of the molecule is CN(C)C(CNC(=O)CCc1c[nH]c2ccccc12)Cc1ccccc1. The van der Waals surface area contributed by atoms with Crippen LogP contribution < -0.4 is 5.32 Å². The summed E-state index contributed by atoms with van der Waals surface area (Å²) >= 11 is 0. The molecule has 1 atom stereocenters. The normalized spacial score (nSPS) is 12.4. The van der Waals surface area contributed by atoms with E-state index >= 15 is 0 Å². The molecule has 3 rings (SSSR count). The lowest BCUT2D eigenvalue weighted by Gasteiger charge is -2.24. The zero-order chi connectivity index (χ0) is 18.4. The van der Waals surface area contributed by atoms with E-state index < -0.39 is 0 Å². The molecule has 0 aliphatic rings. The van der Waals surface area contributed by atoms with Gasteiger partial charge in [-0.05, 0) is 44.1 Å². The number of hydrogen-bond donors (Lipinski definition) is 2. The number of nitrogens with one attached hydrogen (secondary N) is 2. The van der Waals surface area contributed by atoms with Crippen molar-refractivity contribution in [2.24, 2.45) is 0 Å². The van der Waals surface area contributed by atoms with Crippen molar-refractivity contribution in [1.82, 2.24) is 15.2 Å². The molecule has 1 heterocycles. The molecule has 0 aliphatic heterocycles. The fourth-order valence-corrected chi connectivity index (χ4v) is 3.23. The first kappa shape index (κ1) is 18.2. The van der Waals surface area contributed by atoms with E-state index in [1.165, 1.54) is 16.5 Å². The van der Waals surface area contributed by atoms with Gasteiger partial charge in [0.15, 0.2) is 0 Å². The number of aromatic nitrogens is 1. The highest BCUT2D eigenvalue weighted by Gasteiger charge is 2.14. The van der Waals surface area contributed by atoms with Gasteiger partial charge in [-0.3, -0.25) is 4.79 Å². The van der Waals surface area contributed by atoms with Crippen LogP contribution in [0, 0.1) is 0 Å². The standard InChI is InChI=1S/C22H27N3O/c1-25(2)19(14-17-8-4-3-5-9-17)16-24-22(26)13-12-18-15-23-21-11-7-6-10-20(18)21/h3-11,15,19,23H,12-14,16H2,1-2H3,(H,24,26). The van der Waals surface area contributed by atoms with E-state index in [1.807, 2.05) is 24.4 Å². The first-order valence-corrected chi connectivity index (χ1v) is 9.15. The number of aromatic amines is 1. The van der Waals surface area contributed by atoms with Crippen molar-refractivity contribution >= 4 is 16.8 Å². The van der Waals surface area contributed by atoms with Crippen LogP contribution in [-0.2, 0) is 17.6 Å². The molecule has 0 aliphatic carbocycles. The van der Waals surface area contributed by atoms with Crippen molar-refractivity contribution < 1.29 is 4.79 Å². The van der Waals surface area contributed by atoms with Crippen molar-refractivity contribution in [1.29, 1.82) is 0 Å². The topological polar surface area (TPSA) is 48.1 Å². The van der Waals surface area contributed by atoms with Crippen molar-refractivity contribution in [2.45, 2.75) is 25.3 Å². The number of likely N-dealkylation sites (N-methyl/N-ethyl adjacent to an activating group) is 1. The molecule has 0 fully saturated rings. The zero-order valence-electron chi connectivity index (χ0n) is 15.5. The van der Waals surface area contributed by atoms with Crippen LogP contribution >= 0.6 is 0 Å². The minimum atomic E-state index is 0.107. The van der Waals surface area contributed by atoms with Gasteiger partial charge in [-0.1, -0.05) is 48.5 Å². The largest absolute Gasteiger partial charge is 0.361 e. The molecule has 1 unspecified atom stereocenters. The summed E-state index contributed by atoms with van der Waals surface area (Å²) in [5, 5.41) is 4.31. The van der Waals surface area contributed by atoms with E-state index in [0.29, 0.717) is 13.0 Å². The van der Waals surface area contributed by atoms with Gasteiger partial charge in [-0.2, -0.15) is 0 Å². The minimum absolute atomic E-state index is 0.107. The van der Waals surface area contributed by atoms with Gasteiger partial charge in [0, 0.05) is 36.1 Å². The Balaban J connectivity index is 1.50. The van der Waals surface area contributed by atoms with Gasteiger partial charge >= 0.3 is 0 Å². The summed E-state index contributed by atoms with van der Waals surface area (Å²) in [4.78, 5) is 17.8. The number of aryl methyl sites for hydroxylation is 1. The summed E-state index contributed by atoms with van der Waals surface area (Å²) in [6.07, 6.45) is 4.20. The zero-order valence-corrected chi connectivity index (χ0v) is 15.5. The fraction of sp³-hybridized carbons (Fsp3) is 0.318. The van der Waals surface area contributed by atoms with Gasteiger partial charge in [0.25, 0.3) is 0 Å². The van der Waals surface area contributed by atoms with Gasteiger partial charge in [0.05, 0.1) is 0 Å². The average molecular weight is 349 g/mol. The van der Waals surface area contributed by atoms with E-state index in [4.69, 9.17) is 0 Å². The Labute approximate surface area is 155 Å². The Morgan fingerprint density at radius 2 is 1.81 bits per heavy atom. The van der Waals surface area contributed by atoms with E-state index in [1.54, 1.807) is 0 Å². The van der Waals surface area contributed by atoms with Crippen LogP contribution in [0.25, 0.3) is 10.9 Å². The maximum atomic E-state index is 12.3. The van der Waals surface area contributed by atoms with Gasteiger partial charge in [0.2, 0.25) is 5.91 Å². The summed E-state index contributed by atoms with van der Waals surface area (Å²) in [6.45, 7) is 0.661.